The van der Waals surface area contributed by atoms with Gasteiger partial charge in [-0.1, -0.05) is 103 Å². The lowest BCUT2D eigenvalue weighted by molar-refractivity contribution is -0.383. The van der Waals surface area contributed by atoms with Crippen molar-refractivity contribution in [3.8, 4) is 0 Å². The summed E-state index contributed by atoms with van der Waals surface area (Å²) in [6.45, 7) is 4.65. The molecule has 188 valence electrons. The molecule has 0 saturated carbocycles. The molecule has 7 heteroatoms. The monoisotopic (exact) mass is 461 g/mol. The minimum absolute atomic E-state index is 0.0322. The number of nitrogens with zero attached hydrogens (tertiary/aromatic N) is 4. The maximum atomic E-state index is 11.8. The summed E-state index contributed by atoms with van der Waals surface area (Å²) < 4.78 is 0. The summed E-state index contributed by atoms with van der Waals surface area (Å²) in [4.78, 5) is 22.0. The molecule has 1 N–H and O–H groups in total. The van der Waals surface area contributed by atoms with E-state index in [4.69, 9.17) is 0 Å². The van der Waals surface area contributed by atoms with Crippen molar-refractivity contribution in [2.45, 2.75) is 122 Å². The molecule has 0 aliphatic carbocycles. The molecule has 1 aromatic rings. The van der Waals surface area contributed by atoms with Crippen LogP contribution in [0.4, 0.5) is 17.3 Å². The molecule has 7 nitrogen and oxygen atoms in total. The van der Waals surface area contributed by atoms with Crippen molar-refractivity contribution in [2.24, 2.45) is 0 Å². The maximum Gasteiger partial charge on any atom is 0.353 e. The number of hydrogen-bond acceptors (Lipinski definition) is 6. The third-order valence-electron chi connectivity index (χ3n) is 6.71. The summed E-state index contributed by atoms with van der Waals surface area (Å²) >= 11 is 0. The first-order chi connectivity index (χ1) is 16.2. The van der Waals surface area contributed by atoms with Crippen LogP contribution in [0.3, 0.4) is 0 Å². The van der Waals surface area contributed by atoms with E-state index in [9.17, 15) is 10.1 Å². The average molecular weight is 462 g/mol. The van der Waals surface area contributed by atoms with Crippen LogP contribution in [0.5, 0.6) is 0 Å². The molecule has 0 radical (unpaired) electrons. The predicted octanol–water partition coefficient (Wildman–Crippen LogP) is 7.66. The second-order valence-electron chi connectivity index (χ2n) is 9.58. The van der Waals surface area contributed by atoms with Gasteiger partial charge in [0.05, 0.1) is 4.92 Å². The number of hydrogen-bond donors (Lipinski definition) is 1. The van der Waals surface area contributed by atoms with E-state index in [1.54, 1.807) is 0 Å². The standard InChI is InChI=1S/C26H47N5O2/c1-2-3-4-5-6-7-8-9-10-11-12-13-14-17-20-27-25-24(31(32)33)26(29-23-28-25)30-21-18-15-16-19-22-30/h23H,2-22H2,1H3,(H,27,28,29). The Balaban J connectivity index is 1.58. The highest BCUT2D eigenvalue weighted by molar-refractivity contribution is 5.70. The Bertz CT molecular complexity index is 648. The second kappa shape index (κ2) is 17.5. The van der Waals surface area contributed by atoms with Gasteiger partial charge >= 0.3 is 5.69 Å². The Kier molecular flexibility index (Phi) is 14.5. The van der Waals surface area contributed by atoms with E-state index >= 15 is 0 Å². The first-order valence-corrected chi connectivity index (χ1v) is 13.7. The number of nitrogens with one attached hydrogen (secondary N) is 1. The summed E-state index contributed by atoms with van der Waals surface area (Å²) in [7, 11) is 0. The van der Waals surface area contributed by atoms with Crippen LogP contribution >= 0.6 is 0 Å². The van der Waals surface area contributed by atoms with E-state index in [2.05, 4.69) is 27.1 Å². The summed E-state index contributed by atoms with van der Waals surface area (Å²) in [6.07, 6.45) is 24.5. The number of unbranched alkanes of at least 4 members (excludes halogenated alkanes) is 13. The lowest BCUT2D eigenvalue weighted by atomic mass is 10.0. The fourth-order valence-corrected chi connectivity index (χ4v) is 4.71. The molecule has 0 bridgehead atoms. The van der Waals surface area contributed by atoms with E-state index in [1.807, 2.05) is 0 Å². The maximum absolute atomic E-state index is 11.8. The van der Waals surface area contributed by atoms with Gasteiger partial charge in [0.2, 0.25) is 11.6 Å². The zero-order valence-electron chi connectivity index (χ0n) is 21.0. The van der Waals surface area contributed by atoms with Gasteiger partial charge in [-0.2, -0.15) is 0 Å². The van der Waals surface area contributed by atoms with Crippen molar-refractivity contribution in [2.75, 3.05) is 29.9 Å². The fraction of sp³-hybridized carbons (Fsp3) is 0.846. The molecule has 1 aliphatic heterocycles. The van der Waals surface area contributed by atoms with Gasteiger partial charge in [-0.15, -0.1) is 0 Å². The van der Waals surface area contributed by atoms with Crippen molar-refractivity contribution in [1.29, 1.82) is 0 Å². The third kappa shape index (κ3) is 11.2. The first kappa shape index (κ1) is 27.3. The van der Waals surface area contributed by atoms with Crippen molar-refractivity contribution in [3.63, 3.8) is 0 Å². The largest absolute Gasteiger partial charge is 0.364 e. The average Bonchev–Trinajstić information content (AvgIpc) is 3.11. The third-order valence-corrected chi connectivity index (χ3v) is 6.71. The normalized spacial score (nSPS) is 14.3. The lowest BCUT2D eigenvalue weighted by Crippen LogP contribution is -2.26. The zero-order valence-corrected chi connectivity index (χ0v) is 21.0. The summed E-state index contributed by atoms with van der Waals surface area (Å²) in [5, 5.41) is 15.0. The molecule has 0 spiro atoms. The van der Waals surface area contributed by atoms with Crippen LogP contribution in [0, 0.1) is 10.1 Å². The summed E-state index contributed by atoms with van der Waals surface area (Å²) in [5.74, 6) is 0.837. The number of anilines is 2. The van der Waals surface area contributed by atoms with Gasteiger partial charge in [0.15, 0.2) is 0 Å². The Labute approximate surface area is 201 Å². The number of rotatable bonds is 18. The van der Waals surface area contributed by atoms with Gasteiger partial charge in [-0.3, -0.25) is 10.1 Å². The van der Waals surface area contributed by atoms with Gasteiger partial charge in [0.1, 0.15) is 6.33 Å². The first-order valence-electron chi connectivity index (χ1n) is 13.7. The highest BCUT2D eigenvalue weighted by Gasteiger charge is 2.27. The molecule has 0 unspecified atom stereocenters. The molecule has 1 aliphatic rings. The van der Waals surface area contributed by atoms with E-state index in [0.717, 1.165) is 45.3 Å². The topological polar surface area (TPSA) is 84.2 Å². The van der Waals surface area contributed by atoms with Crippen molar-refractivity contribution in [1.82, 2.24) is 9.97 Å². The van der Waals surface area contributed by atoms with Crippen LogP contribution < -0.4 is 10.2 Å². The molecule has 1 saturated heterocycles. The van der Waals surface area contributed by atoms with E-state index in [0.29, 0.717) is 11.6 Å². The minimum Gasteiger partial charge on any atom is -0.364 e. The molecular weight excluding hydrogens is 414 g/mol. The molecular formula is C26H47N5O2. The van der Waals surface area contributed by atoms with Crippen LogP contribution in [0.1, 0.15) is 122 Å². The molecule has 2 rings (SSSR count). The fourth-order valence-electron chi connectivity index (χ4n) is 4.71. The second-order valence-corrected chi connectivity index (χ2v) is 9.58. The van der Waals surface area contributed by atoms with E-state index in [-0.39, 0.29) is 10.6 Å². The Morgan fingerprint density at radius 2 is 1.33 bits per heavy atom. The van der Waals surface area contributed by atoms with Crippen molar-refractivity contribution >= 4 is 17.3 Å². The van der Waals surface area contributed by atoms with Crippen LogP contribution in [0.15, 0.2) is 6.33 Å². The quantitative estimate of drug-likeness (QED) is 0.137. The van der Waals surface area contributed by atoms with Gasteiger partial charge < -0.3 is 10.2 Å². The molecule has 0 aromatic carbocycles. The number of nitro groups is 1. The Morgan fingerprint density at radius 1 is 0.818 bits per heavy atom. The number of aromatic nitrogens is 2. The van der Waals surface area contributed by atoms with Crippen LogP contribution in [-0.2, 0) is 0 Å². The van der Waals surface area contributed by atoms with E-state index < -0.39 is 0 Å². The summed E-state index contributed by atoms with van der Waals surface area (Å²) in [5.41, 5.74) is 0.0322. The van der Waals surface area contributed by atoms with Crippen molar-refractivity contribution in [3.05, 3.63) is 16.4 Å². The molecule has 1 fully saturated rings. The zero-order chi connectivity index (χ0) is 23.6. The lowest BCUT2D eigenvalue weighted by Gasteiger charge is -2.21. The van der Waals surface area contributed by atoms with E-state index in [1.165, 1.54) is 96.2 Å². The smallest absolute Gasteiger partial charge is 0.353 e. The molecule has 0 amide bonds. The van der Waals surface area contributed by atoms with Gasteiger partial charge in [-0.05, 0) is 19.3 Å². The van der Waals surface area contributed by atoms with Gasteiger partial charge in [0, 0.05) is 19.6 Å². The highest BCUT2D eigenvalue weighted by atomic mass is 16.6. The van der Waals surface area contributed by atoms with Crippen molar-refractivity contribution < 1.29 is 4.92 Å². The Hall–Kier alpha value is -1.92. The van der Waals surface area contributed by atoms with Gasteiger partial charge in [-0.25, -0.2) is 9.97 Å². The van der Waals surface area contributed by atoms with Crippen LogP contribution in [0.2, 0.25) is 0 Å². The van der Waals surface area contributed by atoms with Gasteiger partial charge in [0.25, 0.3) is 0 Å². The van der Waals surface area contributed by atoms with Crippen LogP contribution in [0.25, 0.3) is 0 Å². The Morgan fingerprint density at radius 3 is 1.85 bits per heavy atom. The predicted molar refractivity (Wildman–Crippen MR) is 138 cm³/mol. The molecule has 2 heterocycles. The SMILES string of the molecule is CCCCCCCCCCCCCCCCNc1ncnc(N2CCCCCC2)c1[N+](=O)[O-]. The molecule has 1 aromatic heterocycles. The molecule has 33 heavy (non-hydrogen) atoms. The minimum atomic E-state index is -0.326. The molecule has 0 atom stereocenters. The highest BCUT2D eigenvalue weighted by Crippen LogP contribution is 2.33. The summed E-state index contributed by atoms with van der Waals surface area (Å²) in [6, 6.07) is 0. The van der Waals surface area contributed by atoms with Crippen LogP contribution in [-0.4, -0.2) is 34.5 Å².